The summed E-state index contributed by atoms with van der Waals surface area (Å²) in [6.07, 6.45) is 3.92. The van der Waals surface area contributed by atoms with E-state index in [4.69, 9.17) is 0 Å². The Hall–Kier alpha value is -4.03. The van der Waals surface area contributed by atoms with E-state index in [1.807, 2.05) is 12.5 Å². The molecule has 0 amide bonds. The van der Waals surface area contributed by atoms with E-state index >= 15 is 0 Å². The molecule has 4 nitrogen and oxygen atoms in total. The summed E-state index contributed by atoms with van der Waals surface area (Å²) >= 11 is 0. The van der Waals surface area contributed by atoms with Crippen molar-refractivity contribution < 1.29 is 19.1 Å². The maximum Gasteiger partial charge on any atom is 0.338 e. The van der Waals surface area contributed by atoms with Gasteiger partial charge in [-0.3, -0.25) is 0 Å². The van der Waals surface area contributed by atoms with Crippen LogP contribution in [0.2, 0.25) is 0 Å². The SMILES string of the molecule is COC(=O)/C=C(\C[S+](C)C)C(=O)OC.c1ccc([B-](c2ccccc2)(c2ccccc2)c2ccccc2)cc1. The number of ether oxygens (including phenoxy) is 2. The smallest absolute Gasteiger partial charge is 0.338 e. The molecular weight excluding hydrogens is 503 g/mol. The van der Waals surface area contributed by atoms with Crippen molar-refractivity contribution in [3.63, 3.8) is 0 Å². The van der Waals surface area contributed by atoms with Crippen molar-refractivity contribution in [1.29, 1.82) is 0 Å². The lowest BCUT2D eigenvalue weighted by Crippen LogP contribution is -2.74. The van der Waals surface area contributed by atoms with E-state index in [1.54, 1.807) is 0 Å². The van der Waals surface area contributed by atoms with Crippen molar-refractivity contribution in [2.45, 2.75) is 0 Å². The molecule has 0 saturated carbocycles. The maximum atomic E-state index is 11.2. The van der Waals surface area contributed by atoms with Gasteiger partial charge in [-0.1, -0.05) is 121 Å². The van der Waals surface area contributed by atoms with E-state index in [0.29, 0.717) is 11.3 Å². The molecule has 0 fully saturated rings. The fourth-order valence-electron chi connectivity index (χ4n) is 4.92. The van der Waals surface area contributed by atoms with Gasteiger partial charge in [-0.05, 0) is 10.9 Å². The second kappa shape index (κ2) is 14.8. The Bertz CT molecular complexity index is 1180. The molecule has 0 radical (unpaired) electrons. The molecule has 200 valence electrons. The molecule has 0 unspecified atom stereocenters. The van der Waals surface area contributed by atoms with E-state index in [-0.39, 0.29) is 10.9 Å². The topological polar surface area (TPSA) is 52.6 Å². The van der Waals surface area contributed by atoms with Crippen LogP contribution in [0.15, 0.2) is 133 Å². The van der Waals surface area contributed by atoms with Crippen molar-refractivity contribution in [1.82, 2.24) is 0 Å². The van der Waals surface area contributed by atoms with Crippen LogP contribution in [0.1, 0.15) is 0 Å². The quantitative estimate of drug-likeness (QED) is 0.150. The van der Waals surface area contributed by atoms with E-state index in [0.717, 1.165) is 0 Å². The molecule has 0 N–H and O–H groups in total. The normalized spacial score (nSPS) is 11.3. The molecule has 4 aromatic rings. The van der Waals surface area contributed by atoms with E-state index in [9.17, 15) is 9.59 Å². The number of benzene rings is 4. The first-order valence-corrected chi connectivity index (χ1v) is 14.9. The Morgan fingerprint density at radius 2 is 0.949 bits per heavy atom. The van der Waals surface area contributed by atoms with E-state index < -0.39 is 18.1 Å². The summed E-state index contributed by atoms with van der Waals surface area (Å²) in [6, 6.07) is 43.5. The van der Waals surface area contributed by atoms with Crippen molar-refractivity contribution >= 4 is 50.8 Å². The van der Waals surface area contributed by atoms with Gasteiger partial charge in [-0.25, -0.2) is 9.59 Å². The van der Waals surface area contributed by atoms with Gasteiger partial charge in [0.2, 0.25) is 0 Å². The monoisotopic (exact) mass is 538 g/mol. The molecule has 0 bridgehead atoms. The first-order chi connectivity index (χ1) is 18.9. The molecule has 6 heteroatoms. The Morgan fingerprint density at radius 1 is 0.615 bits per heavy atom. The highest BCUT2D eigenvalue weighted by Gasteiger charge is 2.31. The van der Waals surface area contributed by atoms with Crippen LogP contribution in [-0.2, 0) is 30.0 Å². The van der Waals surface area contributed by atoms with Crippen LogP contribution < -0.4 is 21.9 Å². The van der Waals surface area contributed by atoms with Gasteiger partial charge >= 0.3 is 11.9 Å². The molecule has 4 rings (SSSR count). The van der Waals surface area contributed by atoms with Gasteiger partial charge in [-0.15, -0.1) is 0 Å². The second-order valence-corrected chi connectivity index (χ2v) is 11.6. The van der Waals surface area contributed by atoms with Crippen molar-refractivity contribution in [2.24, 2.45) is 0 Å². The van der Waals surface area contributed by atoms with Gasteiger partial charge in [-0.2, -0.15) is 21.9 Å². The lowest BCUT2D eigenvalue weighted by Gasteiger charge is -2.44. The molecule has 0 aliphatic carbocycles. The van der Waals surface area contributed by atoms with Crippen LogP contribution in [0.25, 0.3) is 0 Å². The van der Waals surface area contributed by atoms with Gasteiger partial charge in [0.15, 0.2) is 0 Å². The van der Waals surface area contributed by atoms with Crippen LogP contribution in [0.4, 0.5) is 0 Å². The van der Waals surface area contributed by atoms with Crippen molar-refractivity contribution in [3.8, 4) is 0 Å². The zero-order valence-corrected chi connectivity index (χ0v) is 23.8. The molecule has 0 spiro atoms. The predicted molar refractivity (Wildman–Crippen MR) is 166 cm³/mol. The van der Waals surface area contributed by atoms with E-state index in [1.165, 1.54) is 42.1 Å². The highest BCUT2D eigenvalue weighted by atomic mass is 32.2. The minimum Gasteiger partial charge on any atom is -0.466 e. The predicted octanol–water partition coefficient (Wildman–Crippen LogP) is 3.20. The third-order valence-electron chi connectivity index (χ3n) is 6.58. The fraction of sp³-hybridized carbons (Fsp3) is 0.152. The molecular formula is C33H35BO4S. The van der Waals surface area contributed by atoms with Crippen molar-refractivity contribution in [3.05, 3.63) is 133 Å². The number of carbonyl (C=O) groups is 2. The number of rotatable bonds is 8. The van der Waals surface area contributed by atoms with Gasteiger partial charge < -0.3 is 9.47 Å². The number of hydrogen-bond donors (Lipinski definition) is 0. The summed E-state index contributed by atoms with van der Waals surface area (Å²) in [6.45, 7) is 0. The minimum atomic E-state index is -1.22. The first-order valence-electron chi connectivity index (χ1n) is 12.7. The number of esters is 2. The van der Waals surface area contributed by atoms with Gasteiger partial charge in [0.25, 0.3) is 0 Å². The fourth-order valence-corrected chi connectivity index (χ4v) is 5.75. The average Bonchev–Trinajstić information content (AvgIpc) is 2.99. The highest BCUT2D eigenvalue weighted by molar-refractivity contribution is 7.95. The lowest BCUT2D eigenvalue weighted by atomic mass is 9.13. The highest BCUT2D eigenvalue weighted by Crippen LogP contribution is 2.09. The van der Waals surface area contributed by atoms with Gasteiger partial charge in [0.1, 0.15) is 11.9 Å². The van der Waals surface area contributed by atoms with Crippen molar-refractivity contribution in [2.75, 3.05) is 32.5 Å². The van der Waals surface area contributed by atoms with Crippen LogP contribution >= 0.6 is 0 Å². The minimum absolute atomic E-state index is 0.0369. The summed E-state index contributed by atoms with van der Waals surface area (Å²) in [7, 11) is 2.59. The molecule has 0 heterocycles. The van der Waals surface area contributed by atoms with Gasteiger partial charge in [0.05, 0.1) is 32.3 Å². The molecule has 0 aromatic heterocycles. The molecule has 0 aliphatic rings. The van der Waals surface area contributed by atoms with E-state index in [2.05, 4.69) is 131 Å². The summed E-state index contributed by atoms with van der Waals surface area (Å²) < 4.78 is 8.98. The first kappa shape index (κ1) is 29.5. The van der Waals surface area contributed by atoms with Crippen LogP contribution in [-0.4, -0.2) is 50.6 Å². The summed E-state index contributed by atoms with van der Waals surface area (Å²) in [5.74, 6) is -0.477. The summed E-state index contributed by atoms with van der Waals surface area (Å²) in [4.78, 5) is 22.1. The second-order valence-electron chi connectivity index (χ2n) is 9.32. The standard InChI is InChI=1S/C24H20B.C9H15O4S/c1-5-13-21(14-6-1)25(22-15-7-2-8-16-22,23-17-9-3-10-18-23)24-19-11-4-12-20-24;1-12-8(10)5-7(6-14(3)4)9(11)13-2/h1-20H;5H,6H2,1-4H3/q-1;+1/b;7-5+. The maximum absolute atomic E-state index is 11.2. The number of hydrogen-bond acceptors (Lipinski definition) is 4. The number of carbonyl (C=O) groups excluding carboxylic acids is 2. The van der Waals surface area contributed by atoms with Crippen LogP contribution in [0, 0.1) is 0 Å². The Balaban J connectivity index is 0.000000258. The number of methoxy groups -OCH3 is 2. The van der Waals surface area contributed by atoms with Gasteiger partial charge in [0, 0.05) is 6.08 Å². The third-order valence-corrected chi connectivity index (χ3v) is 7.47. The molecule has 4 aromatic carbocycles. The summed E-state index contributed by atoms with van der Waals surface area (Å²) in [5.41, 5.74) is 5.71. The molecule has 0 saturated heterocycles. The zero-order valence-electron chi connectivity index (χ0n) is 23.0. The Labute approximate surface area is 235 Å². The zero-order chi connectivity index (χ0) is 28.1. The molecule has 39 heavy (non-hydrogen) atoms. The molecule has 0 atom stereocenters. The van der Waals surface area contributed by atoms with Crippen LogP contribution in [0.5, 0.6) is 0 Å². The largest absolute Gasteiger partial charge is 0.466 e. The average molecular weight is 539 g/mol. The third kappa shape index (κ3) is 7.52. The summed E-state index contributed by atoms with van der Waals surface area (Å²) in [5, 5.41) is 0. The van der Waals surface area contributed by atoms with Crippen LogP contribution in [0.3, 0.4) is 0 Å². The lowest BCUT2D eigenvalue weighted by molar-refractivity contribution is -0.138. The molecule has 0 aliphatic heterocycles. The Morgan fingerprint density at radius 3 is 1.21 bits per heavy atom. The Kier molecular flexibility index (Phi) is 11.2.